The van der Waals surface area contributed by atoms with Crippen LogP contribution in [0.15, 0.2) is 45.7 Å². The summed E-state index contributed by atoms with van der Waals surface area (Å²) in [5.41, 5.74) is 1.11. The second-order valence-corrected chi connectivity index (χ2v) is 8.59. The number of rotatable bonds is 4. The molecule has 0 aliphatic heterocycles. The van der Waals surface area contributed by atoms with Crippen molar-refractivity contribution in [2.45, 2.75) is 44.6 Å². The highest BCUT2D eigenvalue weighted by Gasteiger charge is 2.23. The van der Waals surface area contributed by atoms with E-state index in [0.717, 1.165) is 11.3 Å². The van der Waals surface area contributed by atoms with Crippen molar-refractivity contribution in [3.63, 3.8) is 0 Å². The van der Waals surface area contributed by atoms with Crippen LogP contribution in [0.25, 0.3) is 0 Å². The zero-order valence-corrected chi connectivity index (χ0v) is 14.6. The SMILES string of the molecule is Cc1ccc(CN(C)S(=O)(=O)c2ccc(C(C)(C)C)cc2)o1. The molecule has 1 aromatic carbocycles. The Kier molecular flexibility index (Phi) is 4.49. The maximum absolute atomic E-state index is 12.6. The molecule has 0 spiro atoms. The van der Waals surface area contributed by atoms with Crippen LogP contribution in [-0.4, -0.2) is 19.8 Å². The number of aryl methyl sites for hydroxylation is 1. The van der Waals surface area contributed by atoms with Gasteiger partial charge in [0.05, 0.1) is 11.4 Å². The van der Waals surface area contributed by atoms with Gasteiger partial charge in [0.25, 0.3) is 0 Å². The van der Waals surface area contributed by atoms with Gasteiger partial charge in [0, 0.05) is 7.05 Å². The molecule has 22 heavy (non-hydrogen) atoms. The summed E-state index contributed by atoms with van der Waals surface area (Å²) in [4.78, 5) is 0.297. The topological polar surface area (TPSA) is 50.5 Å². The number of benzene rings is 1. The smallest absolute Gasteiger partial charge is 0.243 e. The first-order chi connectivity index (χ1) is 10.1. The van der Waals surface area contributed by atoms with Crippen molar-refractivity contribution in [3.05, 3.63) is 53.5 Å². The van der Waals surface area contributed by atoms with Crippen LogP contribution in [0, 0.1) is 6.92 Å². The van der Waals surface area contributed by atoms with Crippen molar-refractivity contribution < 1.29 is 12.8 Å². The molecule has 1 aromatic heterocycles. The first kappa shape index (κ1) is 16.8. The minimum Gasteiger partial charge on any atom is -0.465 e. The summed E-state index contributed by atoms with van der Waals surface area (Å²) in [5, 5.41) is 0. The standard InChI is InChI=1S/C17H23NO3S/c1-13-6-9-15(21-13)12-18(5)22(19,20)16-10-7-14(8-11-16)17(2,3)4/h6-11H,12H2,1-5H3. The molecular weight excluding hydrogens is 298 g/mol. The third-order valence-electron chi connectivity index (χ3n) is 3.60. The Morgan fingerprint density at radius 3 is 2.09 bits per heavy atom. The van der Waals surface area contributed by atoms with Gasteiger partial charge in [-0.25, -0.2) is 8.42 Å². The van der Waals surface area contributed by atoms with Crippen molar-refractivity contribution in [3.8, 4) is 0 Å². The molecule has 0 aliphatic rings. The molecule has 0 saturated heterocycles. The fourth-order valence-corrected chi connectivity index (χ4v) is 3.32. The normalized spacial score (nSPS) is 12.8. The molecule has 0 radical (unpaired) electrons. The van der Waals surface area contributed by atoms with E-state index in [1.165, 1.54) is 4.31 Å². The van der Waals surface area contributed by atoms with Gasteiger partial charge in [-0.05, 0) is 42.2 Å². The lowest BCUT2D eigenvalue weighted by molar-refractivity contribution is 0.397. The quantitative estimate of drug-likeness (QED) is 0.862. The van der Waals surface area contributed by atoms with E-state index in [0.29, 0.717) is 10.7 Å². The average molecular weight is 321 g/mol. The van der Waals surface area contributed by atoms with Crippen LogP contribution in [0.1, 0.15) is 37.9 Å². The number of nitrogens with zero attached hydrogens (tertiary/aromatic N) is 1. The van der Waals surface area contributed by atoms with Crippen LogP contribution in [0.4, 0.5) is 0 Å². The maximum Gasteiger partial charge on any atom is 0.243 e. The number of hydrogen-bond donors (Lipinski definition) is 0. The van der Waals surface area contributed by atoms with Gasteiger partial charge >= 0.3 is 0 Å². The largest absolute Gasteiger partial charge is 0.465 e. The van der Waals surface area contributed by atoms with Crippen LogP contribution in [-0.2, 0) is 22.0 Å². The van der Waals surface area contributed by atoms with Gasteiger partial charge in [0.1, 0.15) is 11.5 Å². The second-order valence-electron chi connectivity index (χ2n) is 6.55. The fraction of sp³-hybridized carbons (Fsp3) is 0.412. The summed E-state index contributed by atoms with van der Waals surface area (Å²) in [6, 6.07) is 10.7. The molecule has 0 bridgehead atoms. The molecule has 0 N–H and O–H groups in total. The van der Waals surface area contributed by atoms with Crippen molar-refractivity contribution in [2.75, 3.05) is 7.05 Å². The van der Waals surface area contributed by atoms with Gasteiger partial charge in [0.2, 0.25) is 10.0 Å². The Hall–Kier alpha value is -1.59. The predicted molar refractivity (Wildman–Crippen MR) is 87.2 cm³/mol. The number of hydrogen-bond acceptors (Lipinski definition) is 3. The molecule has 2 rings (SSSR count). The zero-order chi connectivity index (χ0) is 16.5. The van der Waals surface area contributed by atoms with Crippen LogP contribution < -0.4 is 0 Å². The minimum atomic E-state index is -3.52. The van der Waals surface area contributed by atoms with E-state index in [4.69, 9.17) is 4.42 Å². The van der Waals surface area contributed by atoms with Crippen LogP contribution >= 0.6 is 0 Å². The Bertz CT molecular complexity index is 737. The molecular formula is C17H23NO3S. The third kappa shape index (κ3) is 3.59. The summed E-state index contributed by atoms with van der Waals surface area (Å²) < 4.78 is 31.9. The summed E-state index contributed by atoms with van der Waals surface area (Å²) in [5.74, 6) is 1.41. The van der Waals surface area contributed by atoms with E-state index in [1.54, 1.807) is 25.2 Å². The minimum absolute atomic E-state index is 0.000110. The van der Waals surface area contributed by atoms with Crippen molar-refractivity contribution in [1.29, 1.82) is 0 Å². The maximum atomic E-state index is 12.6. The molecule has 5 heteroatoms. The Labute approximate surface area is 132 Å². The predicted octanol–water partition coefficient (Wildman–Crippen LogP) is 3.71. The molecule has 0 saturated carbocycles. The van der Waals surface area contributed by atoms with Crippen LogP contribution in [0.5, 0.6) is 0 Å². The number of furan rings is 1. The second kappa shape index (κ2) is 5.89. The van der Waals surface area contributed by atoms with Crippen LogP contribution in [0.3, 0.4) is 0 Å². The molecule has 4 nitrogen and oxygen atoms in total. The van der Waals surface area contributed by atoms with Gasteiger partial charge in [-0.3, -0.25) is 0 Å². The summed E-state index contributed by atoms with van der Waals surface area (Å²) in [7, 11) is -1.96. The molecule has 0 atom stereocenters. The lowest BCUT2D eigenvalue weighted by Gasteiger charge is -2.20. The molecule has 1 heterocycles. The highest BCUT2D eigenvalue weighted by atomic mass is 32.2. The fourth-order valence-electron chi connectivity index (χ4n) is 2.18. The third-order valence-corrected chi connectivity index (χ3v) is 5.42. The summed E-state index contributed by atoms with van der Waals surface area (Å²) in [6.07, 6.45) is 0. The molecule has 0 fully saturated rings. The highest BCUT2D eigenvalue weighted by molar-refractivity contribution is 7.89. The molecule has 120 valence electrons. The van der Waals surface area contributed by atoms with E-state index < -0.39 is 10.0 Å². The number of sulfonamides is 1. The first-order valence-electron chi connectivity index (χ1n) is 7.23. The molecule has 0 aliphatic carbocycles. The molecule has 0 amide bonds. The van der Waals surface area contributed by atoms with Crippen molar-refractivity contribution in [1.82, 2.24) is 4.31 Å². The molecule has 2 aromatic rings. The van der Waals surface area contributed by atoms with Crippen LogP contribution in [0.2, 0.25) is 0 Å². The van der Waals surface area contributed by atoms with Gasteiger partial charge in [-0.1, -0.05) is 32.9 Å². The van der Waals surface area contributed by atoms with Gasteiger partial charge in [-0.15, -0.1) is 0 Å². The highest BCUT2D eigenvalue weighted by Crippen LogP contribution is 2.25. The average Bonchev–Trinajstić information content (AvgIpc) is 2.83. The van der Waals surface area contributed by atoms with E-state index in [9.17, 15) is 8.42 Å². The lowest BCUT2D eigenvalue weighted by Crippen LogP contribution is -2.26. The van der Waals surface area contributed by atoms with E-state index in [1.807, 2.05) is 25.1 Å². The monoisotopic (exact) mass is 321 g/mol. The Morgan fingerprint density at radius 1 is 1.05 bits per heavy atom. The van der Waals surface area contributed by atoms with Gasteiger partial charge < -0.3 is 4.42 Å². The van der Waals surface area contributed by atoms with E-state index in [-0.39, 0.29) is 12.0 Å². The zero-order valence-electron chi connectivity index (χ0n) is 13.8. The van der Waals surface area contributed by atoms with Gasteiger partial charge in [-0.2, -0.15) is 4.31 Å². The summed E-state index contributed by atoms with van der Waals surface area (Å²) in [6.45, 7) is 8.35. The van der Waals surface area contributed by atoms with Gasteiger partial charge in [0.15, 0.2) is 0 Å². The summed E-state index contributed by atoms with van der Waals surface area (Å²) >= 11 is 0. The van der Waals surface area contributed by atoms with E-state index >= 15 is 0 Å². The molecule has 0 unspecified atom stereocenters. The van der Waals surface area contributed by atoms with Crippen molar-refractivity contribution >= 4 is 10.0 Å². The first-order valence-corrected chi connectivity index (χ1v) is 8.67. The Balaban J connectivity index is 2.22. The van der Waals surface area contributed by atoms with Crippen molar-refractivity contribution in [2.24, 2.45) is 0 Å². The van der Waals surface area contributed by atoms with E-state index in [2.05, 4.69) is 20.8 Å². The lowest BCUT2D eigenvalue weighted by atomic mass is 9.87. The Morgan fingerprint density at radius 2 is 1.64 bits per heavy atom.